The van der Waals surface area contributed by atoms with Crippen molar-refractivity contribution in [3.63, 3.8) is 0 Å². The second-order valence-corrected chi connectivity index (χ2v) is 8.83. The Balaban J connectivity index is 1.57. The lowest BCUT2D eigenvalue weighted by molar-refractivity contribution is -0.129. The van der Waals surface area contributed by atoms with Crippen molar-refractivity contribution in [3.05, 3.63) is 41.5 Å². The van der Waals surface area contributed by atoms with Crippen molar-refractivity contribution < 1.29 is 4.79 Å². The van der Waals surface area contributed by atoms with Gasteiger partial charge in [-0.15, -0.1) is 0 Å². The number of fused-ring (bicyclic) bond motifs is 2. The van der Waals surface area contributed by atoms with Gasteiger partial charge < -0.3 is 9.80 Å². The van der Waals surface area contributed by atoms with Crippen LogP contribution in [0.2, 0.25) is 0 Å². The van der Waals surface area contributed by atoms with Crippen LogP contribution in [0.25, 0.3) is 11.3 Å². The molecule has 1 amide bonds. The van der Waals surface area contributed by atoms with Gasteiger partial charge in [-0.1, -0.05) is 0 Å². The Morgan fingerprint density at radius 3 is 2.71 bits per heavy atom. The van der Waals surface area contributed by atoms with E-state index in [1.54, 1.807) is 11.6 Å². The number of aryl methyl sites for hydroxylation is 2. The average molecular weight is 420 g/mol. The molecule has 0 unspecified atom stereocenters. The van der Waals surface area contributed by atoms with E-state index in [9.17, 15) is 4.79 Å². The number of anilines is 2. The van der Waals surface area contributed by atoms with E-state index in [-0.39, 0.29) is 11.9 Å². The molecule has 0 radical (unpaired) electrons. The van der Waals surface area contributed by atoms with Gasteiger partial charge in [0.2, 0.25) is 5.91 Å². The number of amides is 1. The molecule has 8 heteroatoms. The lowest BCUT2D eigenvalue weighted by atomic mass is 10.00. The third-order valence-electron chi connectivity index (χ3n) is 6.34. The van der Waals surface area contributed by atoms with Crippen LogP contribution in [0.15, 0.2) is 24.7 Å². The minimum Gasteiger partial charge on any atom is -0.338 e. The number of aromatic nitrogens is 5. The smallest absolute Gasteiger partial charge is 0.219 e. The molecular weight excluding hydrogens is 390 g/mol. The third kappa shape index (κ3) is 3.40. The molecule has 0 saturated carbocycles. The molecule has 3 aromatic heterocycles. The van der Waals surface area contributed by atoms with Gasteiger partial charge in [0, 0.05) is 62.5 Å². The first-order chi connectivity index (χ1) is 14.9. The maximum absolute atomic E-state index is 12.1. The van der Waals surface area contributed by atoms with Crippen LogP contribution in [0.1, 0.15) is 50.1 Å². The van der Waals surface area contributed by atoms with Crippen molar-refractivity contribution in [2.45, 2.75) is 52.6 Å². The molecule has 31 heavy (non-hydrogen) atoms. The molecule has 5 rings (SSSR count). The summed E-state index contributed by atoms with van der Waals surface area (Å²) in [7, 11) is 1.92. The fraction of sp³-hybridized carbons (Fsp3) is 0.478. The molecule has 0 atom stereocenters. The summed E-state index contributed by atoms with van der Waals surface area (Å²) in [5.41, 5.74) is 6.82. The van der Waals surface area contributed by atoms with Gasteiger partial charge in [-0.2, -0.15) is 10.2 Å². The lowest BCUT2D eigenvalue weighted by Crippen LogP contribution is -2.35. The number of pyridine rings is 1. The highest BCUT2D eigenvalue weighted by Crippen LogP contribution is 2.39. The highest BCUT2D eigenvalue weighted by molar-refractivity contribution is 5.75. The molecule has 0 bridgehead atoms. The van der Waals surface area contributed by atoms with E-state index in [1.807, 2.05) is 30.5 Å². The van der Waals surface area contributed by atoms with E-state index >= 15 is 0 Å². The SMILES string of the molecule is CC(=O)N1CCc2c(c(N3CCCc4cc(-c5cnn(C)c5)ncc43)nn2C(C)C)C1. The predicted molar refractivity (Wildman–Crippen MR) is 119 cm³/mol. The Morgan fingerprint density at radius 2 is 2.00 bits per heavy atom. The summed E-state index contributed by atoms with van der Waals surface area (Å²) in [5, 5.41) is 9.33. The van der Waals surface area contributed by atoms with Gasteiger partial charge in [-0.25, -0.2) is 0 Å². The molecule has 0 aromatic carbocycles. The fourth-order valence-electron chi connectivity index (χ4n) is 4.75. The minimum atomic E-state index is 0.121. The molecule has 0 aliphatic carbocycles. The fourth-order valence-corrected chi connectivity index (χ4v) is 4.75. The zero-order valence-corrected chi connectivity index (χ0v) is 18.7. The normalized spacial score (nSPS) is 15.9. The summed E-state index contributed by atoms with van der Waals surface area (Å²) >= 11 is 0. The van der Waals surface area contributed by atoms with Gasteiger partial charge >= 0.3 is 0 Å². The number of hydrogen-bond acceptors (Lipinski definition) is 5. The van der Waals surface area contributed by atoms with Crippen LogP contribution in [0.4, 0.5) is 11.5 Å². The summed E-state index contributed by atoms with van der Waals surface area (Å²) in [6.45, 7) is 8.27. The first-order valence-electron chi connectivity index (χ1n) is 11.0. The quantitative estimate of drug-likeness (QED) is 0.652. The van der Waals surface area contributed by atoms with Crippen molar-refractivity contribution in [1.82, 2.24) is 29.4 Å². The van der Waals surface area contributed by atoms with Gasteiger partial charge in [-0.05, 0) is 38.3 Å². The summed E-state index contributed by atoms with van der Waals surface area (Å²) in [6, 6.07) is 2.47. The van der Waals surface area contributed by atoms with Crippen LogP contribution in [0, 0.1) is 0 Å². The van der Waals surface area contributed by atoms with Gasteiger partial charge in [0.25, 0.3) is 0 Å². The molecule has 0 saturated heterocycles. The van der Waals surface area contributed by atoms with Gasteiger partial charge in [0.1, 0.15) is 0 Å². The summed E-state index contributed by atoms with van der Waals surface area (Å²) in [5.74, 6) is 1.10. The first-order valence-corrected chi connectivity index (χ1v) is 11.0. The zero-order chi connectivity index (χ0) is 21.7. The van der Waals surface area contributed by atoms with Gasteiger partial charge in [0.15, 0.2) is 5.82 Å². The number of carbonyl (C=O) groups is 1. The average Bonchev–Trinajstić information content (AvgIpc) is 3.36. The van der Waals surface area contributed by atoms with Crippen LogP contribution in [-0.4, -0.2) is 48.4 Å². The molecule has 0 N–H and O–H groups in total. The Kier molecular flexibility index (Phi) is 4.79. The number of hydrogen-bond donors (Lipinski definition) is 0. The molecular formula is C23H29N7O. The standard InChI is InChI=1S/C23H29N7O/c1-15(2)30-21-7-9-28(16(3)31)14-19(21)23(26-30)29-8-5-6-17-10-20(24-12-22(17)29)18-11-25-27(4)13-18/h10-13,15H,5-9,14H2,1-4H3. The Hall–Kier alpha value is -3.16. The molecule has 162 valence electrons. The maximum atomic E-state index is 12.1. The van der Waals surface area contributed by atoms with Crippen LogP contribution >= 0.6 is 0 Å². The van der Waals surface area contributed by atoms with Gasteiger partial charge in [0.05, 0.1) is 30.3 Å². The van der Waals surface area contributed by atoms with Crippen LogP contribution in [0.3, 0.4) is 0 Å². The van der Waals surface area contributed by atoms with E-state index in [0.29, 0.717) is 6.54 Å². The summed E-state index contributed by atoms with van der Waals surface area (Å²) < 4.78 is 3.95. The summed E-state index contributed by atoms with van der Waals surface area (Å²) in [4.78, 5) is 21.1. The first kappa shape index (κ1) is 19.8. The van der Waals surface area contributed by atoms with Gasteiger partial charge in [-0.3, -0.25) is 19.1 Å². The number of carbonyl (C=O) groups excluding carboxylic acids is 1. The minimum absolute atomic E-state index is 0.121. The van der Waals surface area contributed by atoms with Crippen molar-refractivity contribution in [3.8, 4) is 11.3 Å². The molecule has 3 aromatic rings. The topological polar surface area (TPSA) is 72.1 Å². The van der Waals surface area contributed by atoms with Crippen molar-refractivity contribution in [1.29, 1.82) is 0 Å². The Bertz CT molecular complexity index is 1140. The molecule has 2 aliphatic rings. The van der Waals surface area contributed by atoms with Crippen LogP contribution in [-0.2, 0) is 31.2 Å². The second-order valence-electron chi connectivity index (χ2n) is 8.83. The van der Waals surface area contributed by atoms with E-state index in [4.69, 9.17) is 10.1 Å². The van der Waals surface area contributed by atoms with E-state index in [2.05, 4.69) is 34.6 Å². The Labute approximate surface area is 182 Å². The molecule has 2 aliphatic heterocycles. The highest BCUT2D eigenvalue weighted by atomic mass is 16.2. The zero-order valence-electron chi connectivity index (χ0n) is 18.7. The second kappa shape index (κ2) is 7.51. The number of rotatable bonds is 3. The largest absolute Gasteiger partial charge is 0.338 e. The molecule has 5 heterocycles. The van der Waals surface area contributed by atoms with E-state index in [1.165, 1.54) is 16.8 Å². The van der Waals surface area contributed by atoms with E-state index in [0.717, 1.165) is 55.1 Å². The van der Waals surface area contributed by atoms with Crippen LogP contribution in [0.5, 0.6) is 0 Å². The third-order valence-corrected chi connectivity index (χ3v) is 6.34. The predicted octanol–water partition coefficient (Wildman–Crippen LogP) is 3.25. The number of nitrogens with zero attached hydrogens (tertiary/aromatic N) is 7. The lowest BCUT2D eigenvalue weighted by Gasteiger charge is -2.32. The molecule has 8 nitrogen and oxygen atoms in total. The molecule has 0 spiro atoms. The monoisotopic (exact) mass is 419 g/mol. The van der Waals surface area contributed by atoms with E-state index < -0.39 is 0 Å². The van der Waals surface area contributed by atoms with Crippen molar-refractivity contribution >= 4 is 17.4 Å². The van der Waals surface area contributed by atoms with Crippen molar-refractivity contribution in [2.24, 2.45) is 7.05 Å². The highest BCUT2D eigenvalue weighted by Gasteiger charge is 2.31. The Morgan fingerprint density at radius 1 is 1.16 bits per heavy atom. The van der Waals surface area contributed by atoms with Crippen LogP contribution < -0.4 is 4.90 Å². The van der Waals surface area contributed by atoms with Crippen molar-refractivity contribution in [2.75, 3.05) is 18.0 Å². The molecule has 0 fully saturated rings. The summed E-state index contributed by atoms with van der Waals surface area (Å²) in [6.07, 6.45) is 8.75. The maximum Gasteiger partial charge on any atom is 0.219 e.